The van der Waals surface area contributed by atoms with Crippen LogP contribution in [0.3, 0.4) is 0 Å². The van der Waals surface area contributed by atoms with E-state index in [1.165, 1.54) is 6.07 Å². The molecule has 0 bridgehead atoms. The highest BCUT2D eigenvalue weighted by atomic mass is 32.2. The number of hydrogen-bond acceptors (Lipinski definition) is 3. The first-order valence-corrected chi connectivity index (χ1v) is 9.33. The number of aryl methyl sites for hydroxylation is 1. The van der Waals surface area contributed by atoms with Gasteiger partial charge in [0.2, 0.25) is 0 Å². The summed E-state index contributed by atoms with van der Waals surface area (Å²) >= 11 is 0. The number of amides is 1. The van der Waals surface area contributed by atoms with Gasteiger partial charge in [0.25, 0.3) is 5.91 Å². The maximum absolute atomic E-state index is 12.2. The van der Waals surface area contributed by atoms with Gasteiger partial charge >= 0.3 is 0 Å². The molecule has 1 aliphatic rings. The van der Waals surface area contributed by atoms with Crippen LogP contribution in [0, 0.1) is 0 Å². The van der Waals surface area contributed by atoms with Crippen molar-refractivity contribution < 1.29 is 13.2 Å². The molecule has 0 radical (unpaired) electrons. The van der Waals surface area contributed by atoms with E-state index >= 15 is 0 Å². The number of aliphatic imine (C=N–C) groups is 1. The van der Waals surface area contributed by atoms with Crippen LogP contribution in [0.2, 0.25) is 0 Å². The Labute approximate surface area is 136 Å². The lowest BCUT2D eigenvalue weighted by molar-refractivity contribution is 0.100. The van der Waals surface area contributed by atoms with Crippen LogP contribution in [0.25, 0.3) is 5.57 Å². The van der Waals surface area contributed by atoms with Crippen molar-refractivity contribution in [3.05, 3.63) is 34.9 Å². The van der Waals surface area contributed by atoms with E-state index in [0.717, 1.165) is 36.7 Å². The molecular formula is C16H21N3O3S. The van der Waals surface area contributed by atoms with Gasteiger partial charge in [0, 0.05) is 11.8 Å². The Balaban J connectivity index is 2.71. The summed E-state index contributed by atoms with van der Waals surface area (Å²) in [6, 6.07) is 3.18. The standard InChI is InChI=1S/C16H21N3O3S/c1-3-10-8-12(11-6-4-5-7-11)14(23(2,21)22)9-13(10)15(20)19-16(17)18/h6,8-9H,3-5,7H2,1-2H3,(H4,17,18,19,20). The maximum atomic E-state index is 12.2. The molecule has 0 atom stereocenters. The fraction of sp³-hybridized carbons (Fsp3) is 0.375. The quantitative estimate of drug-likeness (QED) is 0.641. The minimum atomic E-state index is -3.48. The molecule has 0 saturated heterocycles. The van der Waals surface area contributed by atoms with Crippen molar-refractivity contribution in [2.24, 2.45) is 16.5 Å². The summed E-state index contributed by atoms with van der Waals surface area (Å²) in [5.74, 6) is -0.973. The molecule has 124 valence electrons. The monoisotopic (exact) mass is 335 g/mol. The highest BCUT2D eigenvalue weighted by molar-refractivity contribution is 7.90. The Morgan fingerprint density at radius 1 is 1.30 bits per heavy atom. The van der Waals surface area contributed by atoms with E-state index in [4.69, 9.17) is 11.5 Å². The molecule has 0 unspecified atom stereocenters. The average Bonchev–Trinajstić information content (AvgIpc) is 2.98. The zero-order valence-corrected chi connectivity index (χ0v) is 14.1. The number of nitrogens with two attached hydrogens (primary N) is 2. The van der Waals surface area contributed by atoms with Crippen molar-refractivity contribution in [2.75, 3.05) is 6.26 Å². The van der Waals surface area contributed by atoms with Gasteiger partial charge in [-0.25, -0.2) is 8.42 Å². The lowest BCUT2D eigenvalue weighted by Gasteiger charge is -2.14. The Morgan fingerprint density at radius 3 is 2.48 bits per heavy atom. The van der Waals surface area contributed by atoms with Crippen molar-refractivity contribution in [2.45, 2.75) is 37.5 Å². The molecule has 0 spiro atoms. The molecule has 7 heteroatoms. The topological polar surface area (TPSA) is 116 Å². The third kappa shape index (κ3) is 3.79. The SMILES string of the molecule is CCc1cc(C2=CCCC2)c(S(C)(=O)=O)cc1C(=O)N=C(N)N. The summed E-state index contributed by atoms with van der Waals surface area (Å²) in [5.41, 5.74) is 13.2. The highest BCUT2D eigenvalue weighted by Crippen LogP contribution is 2.34. The number of carbonyl (C=O) groups is 1. The van der Waals surface area contributed by atoms with E-state index in [1.54, 1.807) is 6.07 Å². The second-order valence-electron chi connectivity index (χ2n) is 5.59. The fourth-order valence-corrected chi connectivity index (χ4v) is 3.69. The zero-order valence-electron chi connectivity index (χ0n) is 13.3. The lowest BCUT2D eigenvalue weighted by Crippen LogP contribution is -2.24. The highest BCUT2D eigenvalue weighted by Gasteiger charge is 2.22. The number of hydrogen-bond donors (Lipinski definition) is 2. The van der Waals surface area contributed by atoms with Gasteiger partial charge in [-0.05, 0) is 54.5 Å². The number of nitrogens with zero attached hydrogens (tertiary/aromatic N) is 1. The predicted octanol–water partition coefficient (Wildman–Crippen LogP) is 1.63. The first kappa shape index (κ1) is 17.2. The molecule has 2 rings (SSSR count). The van der Waals surface area contributed by atoms with Gasteiger partial charge in [-0.15, -0.1) is 0 Å². The van der Waals surface area contributed by atoms with E-state index < -0.39 is 15.7 Å². The molecule has 0 aromatic heterocycles. The van der Waals surface area contributed by atoms with Gasteiger partial charge in [-0.1, -0.05) is 13.0 Å². The Bertz CT molecular complexity index is 804. The van der Waals surface area contributed by atoms with Crippen molar-refractivity contribution in [1.82, 2.24) is 0 Å². The van der Waals surface area contributed by atoms with E-state index in [1.807, 2.05) is 6.92 Å². The van der Waals surface area contributed by atoms with Gasteiger partial charge in [-0.3, -0.25) is 4.79 Å². The van der Waals surface area contributed by atoms with E-state index in [2.05, 4.69) is 11.1 Å². The fourth-order valence-electron chi connectivity index (χ4n) is 2.77. The lowest BCUT2D eigenvalue weighted by atomic mass is 9.97. The van der Waals surface area contributed by atoms with E-state index in [-0.39, 0.29) is 16.4 Å². The Morgan fingerprint density at radius 2 is 2.00 bits per heavy atom. The summed E-state index contributed by atoms with van der Waals surface area (Å²) in [7, 11) is -3.48. The number of allylic oxidation sites excluding steroid dienone is 2. The van der Waals surface area contributed by atoms with Crippen LogP contribution >= 0.6 is 0 Å². The second kappa shape index (κ2) is 6.54. The summed E-state index contributed by atoms with van der Waals surface area (Å²) in [5, 5.41) is 0. The molecular weight excluding hydrogens is 314 g/mol. The number of sulfone groups is 1. The van der Waals surface area contributed by atoms with Crippen LogP contribution in [0.5, 0.6) is 0 Å². The Hall–Kier alpha value is -2.15. The molecule has 1 aromatic rings. The molecule has 0 saturated carbocycles. The normalized spacial score (nSPS) is 14.4. The van der Waals surface area contributed by atoms with Crippen molar-refractivity contribution >= 4 is 27.3 Å². The molecule has 0 heterocycles. The molecule has 0 fully saturated rings. The maximum Gasteiger partial charge on any atom is 0.280 e. The number of carbonyl (C=O) groups excluding carboxylic acids is 1. The van der Waals surface area contributed by atoms with Gasteiger partial charge in [0.15, 0.2) is 15.8 Å². The van der Waals surface area contributed by atoms with E-state index in [0.29, 0.717) is 12.0 Å². The van der Waals surface area contributed by atoms with Gasteiger partial charge < -0.3 is 11.5 Å². The van der Waals surface area contributed by atoms with Crippen LogP contribution in [0.15, 0.2) is 28.1 Å². The molecule has 23 heavy (non-hydrogen) atoms. The van der Waals surface area contributed by atoms with Crippen molar-refractivity contribution in [1.29, 1.82) is 0 Å². The van der Waals surface area contributed by atoms with Crippen LogP contribution in [-0.4, -0.2) is 26.5 Å². The largest absolute Gasteiger partial charge is 0.370 e. The van der Waals surface area contributed by atoms with E-state index in [9.17, 15) is 13.2 Å². The van der Waals surface area contributed by atoms with Gasteiger partial charge in [0.05, 0.1) is 4.90 Å². The summed E-state index contributed by atoms with van der Waals surface area (Å²) in [6.45, 7) is 1.90. The predicted molar refractivity (Wildman–Crippen MR) is 90.9 cm³/mol. The summed E-state index contributed by atoms with van der Waals surface area (Å²) in [6.07, 6.45) is 6.56. The third-order valence-electron chi connectivity index (χ3n) is 3.83. The minimum absolute atomic E-state index is 0.150. The molecule has 6 nitrogen and oxygen atoms in total. The molecule has 0 aliphatic heterocycles. The van der Waals surface area contributed by atoms with Crippen molar-refractivity contribution in [3.8, 4) is 0 Å². The smallest absolute Gasteiger partial charge is 0.280 e. The van der Waals surface area contributed by atoms with Crippen LogP contribution in [0.1, 0.15) is 47.7 Å². The van der Waals surface area contributed by atoms with Gasteiger partial charge in [0.1, 0.15) is 0 Å². The first-order valence-electron chi connectivity index (χ1n) is 7.44. The number of rotatable bonds is 4. The number of benzene rings is 1. The molecule has 1 aliphatic carbocycles. The summed E-state index contributed by atoms with van der Waals surface area (Å²) in [4.78, 5) is 15.9. The van der Waals surface area contributed by atoms with Crippen LogP contribution in [0.4, 0.5) is 0 Å². The summed E-state index contributed by atoms with van der Waals surface area (Å²) < 4.78 is 24.4. The first-order chi connectivity index (χ1) is 10.7. The molecule has 1 aromatic carbocycles. The van der Waals surface area contributed by atoms with Gasteiger partial charge in [-0.2, -0.15) is 4.99 Å². The Kier molecular flexibility index (Phi) is 4.89. The number of guanidine groups is 1. The van der Waals surface area contributed by atoms with Crippen molar-refractivity contribution in [3.63, 3.8) is 0 Å². The molecule has 1 amide bonds. The average molecular weight is 335 g/mol. The zero-order chi connectivity index (χ0) is 17.2. The van der Waals surface area contributed by atoms with Crippen LogP contribution in [-0.2, 0) is 16.3 Å². The molecule has 4 N–H and O–H groups in total. The van der Waals surface area contributed by atoms with Crippen LogP contribution < -0.4 is 11.5 Å². The minimum Gasteiger partial charge on any atom is -0.370 e. The third-order valence-corrected chi connectivity index (χ3v) is 4.97. The second-order valence-corrected chi connectivity index (χ2v) is 7.58.